The van der Waals surface area contributed by atoms with E-state index in [2.05, 4.69) is 166 Å². The van der Waals surface area contributed by atoms with Crippen LogP contribution in [-0.4, -0.2) is 0 Å². The minimum Gasteiger partial charge on any atom is -0.310 e. The Morgan fingerprint density at radius 1 is 0.471 bits per heavy atom. The second-order valence-electron chi connectivity index (χ2n) is 16.9. The second kappa shape index (κ2) is 11.3. The van der Waals surface area contributed by atoms with Gasteiger partial charge in [0.25, 0.3) is 0 Å². The van der Waals surface area contributed by atoms with Gasteiger partial charge in [-0.15, -0.1) is 0 Å². The lowest BCUT2D eigenvalue weighted by Gasteiger charge is -2.31. The van der Waals surface area contributed by atoms with Crippen LogP contribution in [0, 0.1) is 11.8 Å². The molecule has 0 heterocycles. The largest absolute Gasteiger partial charge is 0.310 e. The second-order valence-corrected chi connectivity index (χ2v) is 16.9. The monoisotopic (exact) mass is 661 g/mol. The van der Waals surface area contributed by atoms with Crippen molar-refractivity contribution in [3.63, 3.8) is 0 Å². The number of benzene rings is 6. The predicted molar refractivity (Wildman–Crippen MR) is 214 cm³/mol. The Balaban J connectivity index is 1.12. The summed E-state index contributed by atoms with van der Waals surface area (Å²) < 4.78 is 0. The van der Waals surface area contributed by atoms with Crippen molar-refractivity contribution in [3.05, 3.63) is 161 Å². The molecule has 10 rings (SSSR count). The van der Waals surface area contributed by atoms with Crippen LogP contribution in [-0.2, 0) is 10.8 Å². The summed E-state index contributed by atoms with van der Waals surface area (Å²) in [5, 5.41) is 0. The molecule has 0 spiro atoms. The molecule has 0 saturated heterocycles. The highest BCUT2D eigenvalue weighted by atomic mass is 15.1. The maximum Gasteiger partial charge on any atom is 0.0540 e. The summed E-state index contributed by atoms with van der Waals surface area (Å²) in [6.07, 6.45) is 7.07. The maximum absolute atomic E-state index is 2.53. The third-order valence-corrected chi connectivity index (χ3v) is 13.5. The lowest BCUT2D eigenvalue weighted by atomic mass is 9.76. The summed E-state index contributed by atoms with van der Waals surface area (Å²) in [4.78, 5) is 2.53. The van der Waals surface area contributed by atoms with Gasteiger partial charge in [0.05, 0.1) is 5.69 Å². The lowest BCUT2D eigenvalue weighted by Crippen LogP contribution is -2.18. The molecule has 1 heteroatoms. The molecule has 3 unspecified atom stereocenters. The van der Waals surface area contributed by atoms with E-state index < -0.39 is 0 Å². The molecule has 3 atom stereocenters. The van der Waals surface area contributed by atoms with Crippen molar-refractivity contribution in [2.45, 2.75) is 76.5 Å². The molecule has 2 bridgehead atoms. The Labute approximate surface area is 304 Å². The Bertz CT molecular complexity index is 2210. The standard InChI is InChI=1S/C50H47N/c1-49(2)44-14-8-5-12-40(44)42-27-24-36(30-46(42)49)51(37-25-28-43-41-13-6-9-15-45(41)50(3,4)47(43)31-37)48-16-10-7-11-39(48)34-22-20-33(21-23-34)38-26-18-32-17-19-35(38)29-32/h5-16,20-25,27-28,30-32,35,38H,17-19,26,29H2,1-4H3. The number of fused-ring (bicyclic) bond motifs is 8. The van der Waals surface area contributed by atoms with E-state index in [9.17, 15) is 0 Å². The van der Waals surface area contributed by atoms with E-state index >= 15 is 0 Å². The quantitative estimate of drug-likeness (QED) is 0.178. The van der Waals surface area contributed by atoms with Crippen molar-refractivity contribution in [2.24, 2.45) is 11.8 Å². The first-order valence-electron chi connectivity index (χ1n) is 19.3. The van der Waals surface area contributed by atoms with Gasteiger partial charge in [-0.3, -0.25) is 0 Å². The van der Waals surface area contributed by atoms with Crippen LogP contribution in [0.25, 0.3) is 33.4 Å². The topological polar surface area (TPSA) is 3.24 Å². The van der Waals surface area contributed by atoms with E-state index in [-0.39, 0.29) is 10.8 Å². The Morgan fingerprint density at radius 2 is 0.980 bits per heavy atom. The zero-order valence-electron chi connectivity index (χ0n) is 30.4. The predicted octanol–water partition coefficient (Wildman–Crippen LogP) is 13.7. The first kappa shape index (κ1) is 30.9. The molecule has 2 saturated carbocycles. The van der Waals surface area contributed by atoms with E-state index in [1.54, 1.807) is 5.56 Å². The van der Waals surface area contributed by atoms with Gasteiger partial charge in [0.1, 0.15) is 0 Å². The Morgan fingerprint density at radius 3 is 1.59 bits per heavy atom. The molecule has 0 N–H and O–H groups in total. The van der Waals surface area contributed by atoms with Crippen molar-refractivity contribution in [1.29, 1.82) is 0 Å². The molecule has 1 nitrogen and oxygen atoms in total. The van der Waals surface area contributed by atoms with Gasteiger partial charge >= 0.3 is 0 Å². The highest BCUT2D eigenvalue weighted by Gasteiger charge is 2.39. The number of rotatable bonds is 5. The van der Waals surface area contributed by atoms with Crippen LogP contribution in [0.3, 0.4) is 0 Å². The van der Waals surface area contributed by atoms with Crippen LogP contribution in [0.4, 0.5) is 17.1 Å². The summed E-state index contributed by atoms with van der Waals surface area (Å²) in [6.45, 7) is 9.53. The number of nitrogens with zero attached hydrogens (tertiary/aromatic N) is 1. The van der Waals surface area contributed by atoms with Crippen molar-refractivity contribution in [2.75, 3.05) is 4.90 Å². The van der Waals surface area contributed by atoms with Gasteiger partial charge in [-0.1, -0.05) is 137 Å². The molecule has 51 heavy (non-hydrogen) atoms. The Hall–Kier alpha value is -4.88. The summed E-state index contributed by atoms with van der Waals surface area (Å²) in [5.74, 6) is 2.59. The van der Waals surface area contributed by atoms with Crippen molar-refractivity contribution < 1.29 is 0 Å². The third-order valence-electron chi connectivity index (χ3n) is 13.5. The fourth-order valence-corrected chi connectivity index (χ4v) is 10.7. The van der Waals surface area contributed by atoms with Gasteiger partial charge in [0.15, 0.2) is 0 Å². The van der Waals surface area contributed by atoms with Crippen molar-refractivity contribution >= 4 is 17.1 Å². The maximum atomic E-state index is 2.53. The molecule has 252 valence electrons. The molecule has 6 aromatic carbocycles. The van der Waals surface area contributed by atoms with E-state index in [0.717, 1.165) is 17.8 Å². The van der Waals surface area contributed by atoms with E-state index in [0.29, 0.717) is 0 Å². The van der Waals surface area contributed by atoms with Gasteiger partial charge in [-0.2, -0.15) is 0 Å². The normalized spacial score (nSPS) is 21.5. The first-order valence-corrected chi connectivity index (χ1v) is 19.3. The van der Waals surface area contributed by atoms with Gasteiger partial charge in [0, 0.05) is 27.8 Å². The molecule has 6 aromatic rings. The average Bonchev–Trinajstić information content (AvgIpc) is 3.73. The van der Waals surface area contributed by atoms with E-state index in [1.165, 1.54) is 105 Å². The summed E-state index contributed by atoms with van der Waals surface area (Å²) >= 11 is 0. The van der Waals surface area contributed by atoms with Crippen LogP contribution in [0.1, 0.15) is 93.5 Å². The van der Waals surface area contributed by atoms with Gasteiger partial charge < -0.3 is 4.90 Å². The van der Waals surface area contributed by atoms with Crippen molar-refractivity contribution in [1.82, 2.24) is 0 Å². The van der Waals surface area contributed by atoms with Crippen LogP contribution >= 0.6 is 0 Å². The highest BCUT2D eigenvalue weighted by Crippen LogP contribution is 2.54. The van der Waals surface area contributed by atoms with Gasteiger partial charge in [-0.05, 0) is 129 Å². The molecule has 0 radical (unpaired) electrons. The van der Waals surface area contributed by atoms with E-state index in [1.807, 2.05) is 0 Å². The van der Waals surface area contributed by atoms with Crippen LogP contribution in [0.2, 0.25) is 0 Å². The SMILES string of the molecule is CC1(C)c2ccccc2-c2ccc(N(c3ccc4c(c3)C(C)(C)c3ccccc3-4)c3ccccc3-c3ccc(C4CCC5CCC4C5)cc3)cc21. The Kier molecular flexibility index (Phi) is 6.85. The lowest BCUT2D eigenvalue weighted by molar-refractivity contribution is 0.313. The molecule has 0 amide bonds. The van der Waals surface area contributed by atoms with Gasteiger partial charge in [0.2, 0.25) is 0 Å². The third kappa shape index (κ3) is 4.66. The van der Waals surface area contributed by atoms with Crippen LogP contribution in [0.5, 0.6) is 0 Å². The smallest absolute Gasteiger partial charge is 0.0540 e. The minimum absolute atomic E-state index is 0.0804. The van der Waals surface area contributed by atoms with Crippen molar-refractivity contribution in [3.8, 4) is 33.4 Å². The molecular weight excluding hydrogens is 615 g/mol. The molecule has 2 fully saturated rings. The number of hydrogen-bond acceptors (Lipinski definition) is 1. The average molecular weight is 662 g/mol. The van der Waals surface area contributed by atoms with Crippen LogP contribution in [0.15, 0.2) is 133 Å². The molecule has 4 aliphatic carbocycles. The highest BCUT2D eigenvalue weighted by molar-refractivity contribution is 5.92. The van der Waals surface area contributed by atoms with E-state index in [4.69, 9.17) is 0 Å². The minimum atomic E-state index is -0.0804. The molecular formula is C50H47N. The summed E-state index contributed by atoms with van der Waals surface area (Å²) in [7, 11) is 0. The first-order chi connectivity index (χ1) is 24.8. The number of para-hydroxylation sites is 1. The number of hydrogen-bond donors (Lipinski definition) is 0. The van der Waals surface area contributed by atoms with Gasteiger partial charge in [-0.25, -0.2) is 0 Å². The molecule has 4 aliphatic rings. The fourth-order valence-electron chi connectivity index (χ4n) is 10.7. The number of anilines is 3. The summed E-state index contributed by atoms with van der Waals surface area (Å²) in [6, 6.07) is 51.1. The zero-order valence-corrected chi connectivity index (χ0v) is 30.4. The fraction of sp³-hybridized carbons (Fsp3) is 0.280. The summed E-state index contributed by atoms with van der Waals surface area (Å²) in [5.41, 5.74) is 18.6. The molecule has 0 aromatic heterocycles. The molecule has 0 aliphatic heterocycles. The zero-order chi connectivity index (χ0) is 34.5. The van der Waals surface area contributed by atoms with Crippen LogP contribution < -0.4 is 4.90 Å².